The van der Waals surface area contributed by atoms with Gasteiger partial charge in [0.05, 0.1) is 0 Å². The van der Waals surface area contributed by atoms with Crippen LogP contribution in [0, 0.1) is 17.8 Å². The molecule has 238 valence electrons. The van der Waals surface area contributed by atoms with Crippen LogP contribution in [0.25, 0.3) is 0 Å². The Bertz CT molecular complexity index is 1020. The number of hydrogen-bond acceptors (Lipinski definition) is 5. The van der Waals surface area contributed by atoms with E-state index in [1.54, 1.807) is 52.0 Å². The Hall–Kier alpha value is -2.62. The minimum atomic E-state index is -0.987. The molecule has 0 aromatic heterocycles. The van der Waals surface area contributed by atoms with Crippen LogP contribution < -0.4 is 20.9 Å². The molecule has 0 saturated carbocycles. The van der Waals surface area contributed by atoms with Crippen molar-refractivity contribution >= 4 is 45.4 Å². The summed E-state index contributed by atoms with van der Waals surface area (Å²) in [6.07, 6.45) is 1.81. The third-order valence-corrected chi connectivity index (χ3v) is 7.38. The first-order chi connectivity index (χ1) is 19.5. The lowest BCUT2D eigenvalue weighted by Crippen LogP contribution is -2.60. The maximum Gasteiger partial charge on any atom is 0.408 e. The van der Waals surface area contributed by atoms with E-state index >= 15 is 0 Å². The lowest BCUT2D eigenvalue weighted by Gasteiger charge is -2.38. The Balaban J connectivity index is 3.51. The minimum Gasteiger partial charge on any atom is -0.444 e. The fourth-order valence-electron chi connectivity index (χ4n) is 4.63. The van der Waals surface area contributed by atoms with Gasteiger partial charge in [-0.3, -0.25) is 19.3 Å². The number of amides is 4. The van der Waals surface area contributed by atoms with Crippen molar-refractivity contribution in [2.24, 2.45) is 17.8 Å². The molecule has 10 heteroatoms. The van der Waals surface area contributed by atoms with Crippen molar-refractivity contribution < 1.29 is 23.9 Å². The van der Waals surface area contributed by atoms with E-state index in [2.05, 4.69) is 45.7 Å². The van der Waals surface area contributed by atoms with Gasteiger partial charge in [-0.2, -0.15) is 0 Å². The van der Waals surface area contributed by atoms with Gasteiger partial charge in [-0.1, -0.05) is 70.3 Å². The topological polar surface area (TPSA) is 117 Å². The van der Waals surface area contributed by atoms with Gasteiger partial charge in [-0.15, -0.1) is 0 Å². The fraction of sp³-hybridized carbons (Fsp3) is 0.688. The Labute approximate surface area is 261 Å². The Kier molecular flexibility index (Phi) is 15.6. The molecule has 1 rings (SSSR count). The van der Waals surface area contributed by atoms with E-state index in [-0.39, 0.29) is 17.7 Å². The highest BCUT2D eigenvalue weighted by Gasteiger charge is 2.39. The second-order valence-corrected chi connectivity index (χ2v) is 13.7. The summed E-state index contributed by atoms with van der Waals surface area (Å²) in [5.74, 6) is -0.729. The summed E-state index contributed by atoms with van der Waals surface area (Å²) in [4.78, 5) is 55.5. The van der Waals surface area contributed by atoms with E-state index in [1.165, 1.54) is 4.90 Å². The molecule has 0 spiro atoms. The van der Waals surface area contributed by atoms with Crippen LogP contribution >= 0.6 is 15.9 Å². The molecule has 3 N–H and O–H groups in total. The molecule has 1 aromatic carbocycles. The number of halogens is 1. The van der Waals surface area contributed by atoms with Gasteiger partial charge in [-0.25, -0.2) is 4.79 Å². The summed E-state index contributed by atoms with van der Waals surface area (Å²) in [5, 5.41) is 8.59. The van der Waals surface area contributed by atoms with Crippen molar-refractivity contribution in [1.82, 2.24) is 16.0 Å². The zero-order valence-corrected chi connectivity index (χ0v) is 28.8. The van der Waals surface area contributed by atoms with E-state index in [4.69, 9.17) is 4.74 Å². The van der Waals surface area contributed by atoms with E-state index < -0.39 is 41.6 Å². The summed E-state index contributed by atoms with van der Waals surface area (Å²) in [5.41, 5.74) is -0.230. The molecule has 0 radical (unpaired) electrons. The molecular weight excluding hydrogens is 600 g/mol. The first kappa shape index (κ1) is 37.4. The molecule has 0 heterocycles. The average molecular weight is 654 g/mol. The molecule has 4 amide bonds. The molecule has 3 atom stereocenters. The lowest BCUT2D eigenvalue weighted by atomic mass is 9.90. The quantitative estimate of drug-likeness (QED) is 0.209. The Morgan fingerprint density at radius 2 is 1.45 bits per heavy atom. The summed E-state index contributed by atoms with van der Waals surface area (Å²) in [6.45, 7) is 19.5. The number of hydrogen-bond donors (Lipinski definition) is 3. The van der Waals surface area contributed by atoms with Crippen molar-refractivity contribution in [3.8, 4) is 0 Å². The van der Waals surface area contributed by atoms with Gasteiger partial charge in [0, 0.05) is 16.7 Å². The fourth-order valence-corrected chi connectivity index (χ4v) is 4.89. The highest BCUT2D eigenvalue weighted by molar-refractivity contribution is 9.10. The van der Waals surface area contributed by atoms with E-state index in [1.807, 2.05) is 27.7 Å². The van der Waals surface area contributed by atoms with E-state index in [0.29, 0.717) is 37.4 Å². The van der Waals surface area contributed by atoms with Crippen LogP contribution in [-0.2, 0) is 19.1 Å². The number of rotatable bonds is 15. The van der Waals surface area contributed by atoms with Crippen molar-refractivity contribution in [2.75, 3.05) is 11.4 Å². The predicted octanol–water partition coefficient (Wildman–Crippen LogP) is 6.19. The standard InChI is InChI=1S/C32H53BrN4O5/c1-11-23(12-2)27(29(39)36-26(19-21(5)6)28(38)34-18-17-20(3)4)37(25-15-13-24(33)14-16-25)30(40)22(7)35-31(41)42-32(8,9)10/h13-16,20-23,26-27H,11-12,17-19H2,1-10H3,(H,34,38)(H,35,41)(H,36,39)/t22-,26?,27?/m0/s1. The summed E-state index contributed by atoms with van der Waals surface area (Å²) in [7, 11) is 0. The number of ether oxygens (including phenoxy) is 1. The first-order valence-corrected chi connectivity index (χ1v) is 16.0. The molecule has 0 aliphatic rings. The number of anilines is 1. The molecule has 0 fully saturated rings. The van der Waals surface area contributed by atoms with Gasteiger partial charge in [-0.05, 0) is 82.6 Å². The number of alkyl carbamates (subject to hydrolysis) is 1. The average Bonchev–Trinajstić information content (AvgIpc) is 2.87. The van der Waals surface area contributed by atoms with Gasteiger partial charge in [0.2, 0.25) is 17.7 Å². The van der Waals surface area contributed by atoms with Gasteiger partial charge < -0.3 is 20.7 Å². The smallest absolute Gasteiger partial charge is 0.408 e. The molecule has 0 saturated heterocycles. The van der Waals surface area contributed by atoms with Gasteiger partial charge in [0.25, 0.3) is 0 Å². The maximum atomic E-state index is 14.2. The minimum absolute atomic E-state index is 0.153. The maximum absolute atomic E-state index is 14.2. The zero-order valence-electron chi connectivity index (χ0n) is 27.2. The number of benzene rings is 1. The van der Waals surface area contributed by atoms with Crippen LogP contribution in [0.5, 0.6) is 0 Å². The summed E-state index contributed by atoms with van der Waals surface area (Å²) in [6, 6.07) is 4.46. The van der Waals surface area contributed by atoms with Crippen LogP contribution in [0.4, 0.5) is 10.5 Å². The number of carbonyl (C=O) groups excluding carboxylic acids is 4. The zero-order chi connectivity index (χ0) is 32.2. The third-order valence-electron chi connectivity index (χ3n) is 6.85. The molecule has 1 aromatic rings. The number of carbonyl (C=O) groups is 4. The Morgan fingerprint density at radius 3 is 1.93 bits per heavy atom. The van der Waals surface area contributed by atoms with Crippen molar-refractivity contribution in [2.45, 2.75) is 119 Å². The largest absolute Gasteiger partial charge is 0.444 e. The second-order valence-electron chi connectivity index (χ2n) is 12.7. The Morgan fingerprint density at radius 1 is 0.881 bits per heavy atom. The van der Waals surface area contributed by atoms with Crippen LogP contribution in [0.1, 0.15) is 94.9 Å². The monoisotopic (exact) mass is 652 g/mol. The first-order valence-electron chi connectivity index (χ1n) is 15.2. The summed E-state index contributed by atoms with van der Waals surface area (Å²) < 4.78 is 6.19. The highest BCUT2D eigenvalue weighted by Crippen LogP contribution is 2.28. The normalized spacial score (nSPS) is 13.9. The van der Waals surface area contributed by atoms with Crippen molar-refractivity contribution in [1.29, 1.82) is 0 Å². The van der Waals surface area contributed by atoms with Crippen LogP contribution in [-0.4, -0.2) is 54.1 Å². The highest BCUT2D eigenvalue weighted by atomic mass is 79.9. The number of nitrogens with one attached hydrogen (secondary N) is 3. The lowest BCUT2D eigenvalue weighted by molar-refractivity contribution is -0.132. The van der Waals surface area contributed by atoms with Gasteiger partial charge >= 0.3 is 6.09 Å². The molecule has 9 nitrogen and oxygen atoms in total. The molecule has 0 aliphatic carbocycles. The molecule has 0 aliphatic heterocycles. The predicted molar refractivity (Wildman–Crippen MR) is 172 cm³/mol. The molecule has 2 unspecified atom stereocenters. The molecular formula is C32H53BrN4O5. The molecule has 0 bridgehead atoms. The van der Waals surface area contributed by atoms with Crippen LogP contribution in [0.3, 0.4) is 0 Å². The van der Waals surface area contributed by atoms with Crippen LogP contribution in [0.2, 0.25) is 0 Å². The van der Waals surface area contributed by atoms with E-state index in [0.717, 1.165) is 10.9 Å². The van der Waals surface area contributed by atoms with Crippen molar-refractivity contribution in [3.63, 3.8) is 0 Å². The van der Waals surface area contributed by atoms with Crippen LogP contribution in [0.15, 0.2) is 28.7 Å². The second kappa shape index (κ2) is 17.5. The molecule has 42 heavy (non-hydrogen) atoms. The number of nitrogens with zero attached hydrogens (tertiary/aromatic N) is 1. The SMILES string of the molecule is CCC(CC)C(C(=O)NC(CC(C)C)C(=O)NCCC(C)C)N(C(=O)[C@H](C)NC(=O)OC(C)(C)C)c1ccc(Br)cc1. The summed E-state index contributed by atoms with van der Waals surface area (Å²) >= 11 is 3.44. The van der Waals surface area contributed by atoms with Gasteiger partial charge in [0.15, 0.2) is 0 Å². The van der Waals surface area contributed by atoms with Crippen molar-refractivity contribution in [3.05, 3.63) is 28.7 Å². The van der Waals surface area contributed by atoms with E-state index in [9.17, 15) is 19.2 Å². The third kappa shape index (κ3) is 12.7. The van der Waals surface area contributed by atoms with Gasteiger partial charge in [0.1, 0.15) is 23.7 Å².